The maximum absolute atomic E-state index is 12.0. The first-order valence-electron chi connectivity index (χ1n) is 16.6. The van der Waals surface area contributed by atoms with Crippen molar-refractivity contribution < 1.29 is 47.9 Å². The van der Waals surface area contributed by atoms with Gasteiger partial charge in [-0.2, -0.15) is 4.98 Å². The molecule has 2 aliphatic rings. The van der Waals surface area contributed by atoms with Gasteiger partial charge in [0.15, 0.2) is 6.17 Å². The second-order valence-corrected chi connectivity index (χ2v) is 16.1. The summed E-state index contributed by atoms with van der Waals surface area (Å²) in [6, 6.07) is 1.11. The van der Waals surface area contributed by atoms with Gasteiger partial charge in [-0.3, -0.25) is 18.7 Å². The molecule has 4 unspecified atom stereocenters. The Morgan fingerprint density at radius 3 is 2.29 bits per heavy atom. The summed E-state index contributed by atoms with van der Waals surface area (Å²) in [5.41, 5.74) is 10.5. The van der Waals surface area contributed by atoms with E-state index in [0.717, 1.165) is 19.3 Å². The molecule has 51 heavy (non-hydrogen) atoms. The van der Waals surface area contributed by atoms with E-state index in [1.165, 1.54) is 55.5 Å². The molecule has 2 aliphatic heterocycles. The summed E-state index contributed by atoms with van der Waals surface area (Å²) in [6.45, 7) is 5.20. The summed E-state index contributed by atoms with van der Waals surface area (Å²) < 4.78 is 45.3. The third kappa shape index (κ3) is 18.5. The highest BCUT2D eigenvalue weighted by molar-refractivity contribution is 7.56. The van der Waals surface area contributed by atoms with Crippen molar-refractivity contribution in [1.29, 1.82) is 0 Å². The van der Waals surface area contributed by atoms with Crippen LogP contribution in [0.3, 0.4) is 0 Å². The van der Waals surface area contributed by atoms with Gasteiger partial charge in [-0.1, -0.05) is 31.8 Å². The zero-order valence-electron chi connectivity index (χ0n) is 29.1. The number of aliphatic hydroxyl groups is 2. The summed E-state index contributed by atoms with van der Waals surface area (Å²) >= 11 is 0. The predicted octanol–water partition coefficient (Wildman–Crippen LogP) is 0.955. The van der Waals surface area contributed by atoms with Gasteiger partial charge < -0.3 is 55.1 Å². The van der Waals surface area contributed by atoms with Crippen LogP contribution in [0, 0.1) is 0 Å². The van der Waals surface area contributed by atoms with Crippen LogP contribution in [0.2, 0.25) is 0 Å². The summed E-state index contributed by atoms with van der Waals surface area (Å²) in [5.74, 6) is 0.469. The standard InChI is InChI=1S/C20H36N3O7P.C10H18N5O4P/c1-2-3-4-5-6-7-8-9-12-28-13-14-30-31(26,27)17-29-18(16-24)15-23-11-10-19(21)22-20(23)25;1-20(17,18)6-19-7(3-16)2-15-5-14-8-9(11)12-4-13-10(8)15/h2,10-11,18,24H,1,3-9,12-17H2,(H,26,27)(H2,21,22,25);4-5,7-8,10,16H,2-3,6H2,1H3,(H,17,18)(H2,11,12,13)/t18-;7-,8?,10?/m00/s1. The lowest BCUT2D eigenvalue weighted by Crippen LogP contribution is -2.46. The molecule has 0 fully saturated rings. The number of nitrogen functional groups attached to an aromatic ring is 1. The van der Waals surface area contributed by atoms with Gasteiger partial charge in [0.25, 0.3) is 0 Å². The molecule has 19 nitrogen and oxygen atoms in total. The number of ether oxygens (including phenoxy) is 3. The Morgan fingerprint density at radius 1 is 0.961 bits per heavy atom. The second kappa shape index (κ2) is 23.7. The lowest BCUT2D eigenvalue weighted by Gasteiger charge is -2.28. The first-order valence-corrected chi connectivity index (χ1v) is 20.7. The van der Waals surface area contributed by atoms with Crippen molar-refractivity contribution in [3.05, 3.63) is 35.4 Å². The van der Waals surface area contributed by atoms with Crippen molar-refractivity contribution in [3.63, 3.8) is 0 Å². The molecule has 21 heteroatoms. The van der Waals surface area contributed by atoms with Crippen LogP contribution in [0.15, 0.2) is 44.7 Å². The molecule has 290 valence electrons. The van der Waals surface area contributed by atoms with Crippen molar-refractivity contribution in [1.82, 2.24) is 14.5 Å². The van der Waals surface area contributed by atoms with Gasteiger partial charge in [-0.25, -0.2) is 14.8 Å². The Kier molecular flexibility index (Phi) is 20.6. The fourth-order valence-corrected chi connectivity index (χ4v) is 5.98. The van der Waals surface area contributed by atoms with Gasteiger partial charge in [0.05, 0.1) is 51.5 Å². The number of hydrogen-bond acceptors (Lipinski definition) is 16. The van der Waals surface area contributed by atoms with Crippen LogP contribution in [0.4, 0.5) is 5.82 Å². The van der Waals surface area contributed by atoms with Crippen molar-refractivity contribution >= 4 is 39.3 Å². The van der Waals surface area contributed by atoms with Crippen molar-refractivity contribution in [2.45, 2.75) is 75.9 Å². The first kappa shape index (κ1) is 44.3. The van der Waals surface area contributed by atoms with Crippen LogP contribution in [-0.4, -0.2) is 136 Å². The number of nitrogens with two attached hydrogens (primary N) is 2. The molecule has 0 saturated heterocycles. The Hall–Kier alpha value is -2.83. The Morgan fingerprint density at radius 2 is 1.63 bits per heavy atom. The lowest BCUT2D eigenvalue weighted by molar-refractivity contribution is 0.0147. The fourth-order valence-electron chi connectivity index (χ4n) is 4.66. The molecule has 1 aromatic rings. The van der Waals surface area contributed by atoms with Gasteiger partial charge in [0.1, 0.15) is 36.7 Å². The Labute approximate surface area is 298 Å². The average Bonchev–Trinajstić information content (AvgIpc) is 3.50. The monoisotopic (exact) mass is 764 g/mol. The highest BCUT2D eigenvalue weighted by Crippen LogP contribution is 2.41. The number of amidine groups is 1. The van der Waals surface area contributed by atoms with E-state index in [2.05, 4.69) is 26.5 Å². The van der Waals surface area contributed by atoms with E-state index in [1.807, 2.05) is 6.08 Å². The largest absolute Gasteiger partial charge is 0.394 e. The summed E-state index contributed by atoms with van der Waals surface area (Å²) in [7, 11) is -7.28. The van der Waals surface area contributed by atoms with E-state index in [-0.39, 0.29) is 50.7 Å². The highest BCUT2D eigenvalue weighted by atomic mass is 31.2. The Bertz CT molecular complexity index is 1420. The number of allylic oxidation sites excluding steroid dienone is 1. The molecule has 8 N–H and O–H groups in total. The predicted molar refractivity (Wildman–Crippen MR) is 194 cm³/mol. The topological polar surface area (TPSA) is 279 Å². The molecule has 3 heterocycles. The molecule has 6 atom stereocenters. The number of hydrogen-bond donors (Lipinski definition) is 6. The van der Waals surface area contributed by atoms with Crippen LogP contribution in [0.1, 0.15) is 44.9 Å². The summed E-state index contributed by atoms with van der Waals surface area (Å²) in [4.78, 5) is 48.4. The summed E-state index contributed by atoms with van der Waals surface area (Å²) in [5, 5.41) is 18.7. The zero-order chi connectivity index (χ0) is 37.7. The second-order valence-electron chi connectivity index (χ2n) is 12.0. The van der Waals surface area contributed by atoms with Crippen molar-refractivity contribution in [2.24, 2.45) is 20.7 Å². The number of aliphatic hydroxyl groups excluding tert-OH is 2. The van der Waals surface area contributed by atoms with Gasteiger partial charge in [-0.15, -0.1) is 6.58 Å². The quantitative estimate of drug-likeness (QED) is 0.0459. The molecular formula is C30H54N8O11P2. The third-order valence-electron chi connectivity index (χ3n) is 7.34. The van der Waals surface area contributed by atoms with E-state index in [4.69, 9.17) is 30.2 Å². The van der Waals surface area contributed by atoms with Crippen molar-refractivity contribution in [3.8, 4) is 0 Å². The number of fused-ring (bicyclic) bond motifs is 1. The van der Waals surface area contributed by atoms with Crippen LogP contribution in [0.5, 0.6) is 0 Å². The van der Waals surface area contributed by atoms with Crippen molar-refractivity contribution in [2.75, 3.05) is 64.7 Å². The van der Waals surface area contributed by atoms with E-state index >= 15 is 0 Å². The minimum absolute atomic E-state index is 0.0379. The number of aromatic nitrogens is 2. The molecule has 0 amide bonds. The Balaban J connectivity index is 0.000000386. The lowest BCUT2D eigenvalue weighted by atomic mass is 10.1. The average molecular weight is 765 g/mol. The van der Waals surface area contributed by atoms with Gasteiger partial charge in [0.2, 0.25) is 7.37 Å². The molecule has 0 spiro atoms. The van der Waals surface area contributed by atoms with E-state index < -0.39 is 45.8 Å². The third-order valence-corrected chi connectivity index (χ3v) is 9.03. The fraction of sp³-hybridized carbons (Fsp3) is 0.700. The van der Waals surface area contributed by atoms with E-state index in [1.54, 1.807) is 11.2 Å². The highest BCUT2D eigenvalue weighted by Gasteiger charge is 2.35. The zero-order valence-corrected chi connectivity index (χ0v) is 30.9. The van der Waals surface area contributed by atoms with Gasteiger partial charge >= 0.3 is 13.3 Å². The minimum atomic E-state index is -4.01. The molecule has 0 aliphatic carbocycles. The maximum atomic E-state index is 12.0. The SMILES string of the molecule is C=CCCCCCCCCOCCOP(=O)(O)CO[C@H](CO)Cn1ccc(N)nc1=O.CP(=O)(O)CO[C@H](CO)CN1C=NC2C(N)=NC=NC21. The number of unbranched alkanes of at least 4 members (excludes halogenated alkanes) is 6. The smallest absolute Gasteiger partial charge is 0.353 e. The molecular weight excluding hydrogens is 710 g/mol. The van der Waals surface area contributed by atoms with Crippen LogP contribution >= 0.6 is 15.0 Å². The molecule has 0 bridgehead atoms. The number of nitrogens with zero attached hydrogens (tertiary/aromatic N) is 6. The number of anilines is 1. The first-order chi connectivity index (χ1) is 24.3. The van der Waals surface area contributed by atoms with Crippen LogP contribution in [0.25, 0.3) is 0 Å². The normalized spacial score (nSPS) is 20.0. The number of aliphatic imine (C=N–C) groups is 3. The minimum Gasteiger partial charge on any atom is -0.394 e. The van der Waals surface area contributed by atoms with Gasteiger partial charge in [-0.05, 0) is 25.3 Å². The van der Waals surface area contributed by atoms with E-state index in [0.29, 0.717) is 19.0 Å². The molecule has 3 rings (SSSR count). The van der Waals surface area contributed by atoms with E-state index in [9.17, 15) is 33.9 Å². The van der Waals surface area contributed by atoms with Gasteiger partial charge in [0, 0.05) is 26.0 Å². The van der Waals surface area contributed by atoms with Crippen LogP contribution < -0.4 is 17.2 Å². The maximum Gasteiger partial charge on any atom is 0.353 e. The molecule has 0 radical (unpaired) electrons. The van der Waals surface area contributed by atoms with Crippen LogP contribution in [-0.2, 0) is 34.4 Å². The number of rotatable bonds is 25. The molecule has 0 aromatic carbocycles. The summed E-state index contributed by atoms with van der Waals surface area (Å²) in [6.07, 6.45) is 11.5. The molecule has 0 saturated carbocycles. The molecule has 1 aromatic heterocycles.